The predicted molar refractivity (Wildman–Crippen MR) is 117 cm³/mol. The van der Waals surface area contributed by atoms with Gasteiger partial charge in [-0.3, -0.25) is 4.72 Å². The zero-order valence-electron chi connectivity index (χ0n) is 17.2. The van der Waals surface area contributed by atoms with Crippen LogP contribution in [-0.2, 0) is 16.4 Å². The number of rotatable bonds is 5. The summed E-state index contributed by atoms with van der Waals surface area (Å²) in [4.78, 5) is 2.07. The van der Waals surface area contributed by atoms with Gasteiger partial charge in [-0.2, -0.15) is 0 Å². The summed E-state index contributed by atoms with van der Waals surface area (Å²) >= 11 is 1.12. The quantitative estimate of drug-likeness (QED) is 0.636. The van der Waals surface area contributed by atoms with Crippen molar-refractivity contribution in [2.45, 2.75) is 23.6 Å². The number of aryl methyl sites for hydroxylation is 1. The van der Waals surface area contributed by atoms with E-state index in [1.54, 1.807) is 32.2 Å². The van der Waals surface area contributed by atoms with Crippen LogP contribution < -0.4 is 14.2 Å². The van der Waals surface area contributed by atoms with Crippen LogP contribution in [0.25, 0.3) is 10.1 Å². The highest BCUT2D eigenvalue weighted by atomic mass is 32.2. The minimum atomic E-state index is -3.89. The molecule has 6 nitrogen and oxygen atoms in total. The minimum absolute atomic E-state index is 0.162. The Balaban J connectivity index is 1.74. The number of anilines is 1. The molecule has 0 amide bonds. The number of hydrogen-bond donors (Lipinski definition) is 1. The van der Waals surface area contributed by atoms with Gasteiger partial charge in [0.2, 0.25) is 0 Å². The molecule has 3 aromatic rings. The van der Waals surface area contributed by atoms with Gasteiger partial charge < -0.3 is 14.4 Å². The van der Waals surface area contributed by atoms with Crippen molar-refractivity contribution in [1.82, 2.24) is 4.90 Å². The molecule has 9 heteroatoms. The van der Waals surface area contributed by atoms with E-state index in [9.17, 15) is 12.8 Å². The van der Waals surface area contributed by atoms with Crippen LogP contribution in [0.3, 0.4) is 0 Å². The molecule has 1 aliphatic heterocycles. The molecular formula is C21H23FN2O4S2. The summed E-state index contributed by atoms with van der Waals surface area (Å²) in [6.07, 6.45) is 0.683. The Kier molecular flexibility index (Phi) is 5.37. The summed E-state index contributed by atoms with van der Waals surface area (Å²) in [6.45, 7) is 2.14. The van der Waals surface area contributed by atoms with Crippen LogP contribution in [0.4, 0.5) is 10.1 Å². The highest BCUT2D eigenvalue weighted by Crippen LogP contribution is 2.42. The third kappa shape index (κ3) is 3.61. The molecule has 0 spiro atoms. The predicted octanol–water partition coefficient (Wildman–Crippen LogP) is 4.02. The molecule has 2 heterocycles. The molecule has 0 fully saturated rings. The van der Waals surface area contributed by atoms with Gasteiger partial charge in [-0.1, -0.05) is 0 Å². The molecule has 0 radical (unpaired) electrons. The molecular weight excluding hydrogens is 427 g/mol. The Morgan fingerprint density at radius 3 is 2.73 bits per heavy atom. The van der Waals surface area contributed by atoms with Crippen LogP contribution in [0.1, 0.15) is 11.1 Å². The van der Waals surface area contributed by atoms with Crippen molar-refractivity contribution in [1.29, 1.82) is 0 Å². The Bertz CT molecular complexity index is 1220. The molecule has 0 aliphatic carbocycles. The highest BCUT2D eigenvalue weighted by Gasteiger charge is 2.29. The number of likely N-dealkylation sites (N-methyl/N-ethyl adjacent to an activating group) is 1. The lowest BCUT2D eigenvalue weighted by molar-refractivity contribution is 0.164. The Hall–Kier alpha value is -2.36. The molecule has 1 aliphatic rings. The fraction of sp³-hybridized carbons (Fsp3) is 0.333. The monoisotopic (exact) mass is 450 g/mol. The van der Waals surface area contributed by atoms with Crippen molar-refractivity contribution in [2.24, 2.45) is 0 Å². The average Bonchev–Trinajstić information content (AvgIpc) is 3.04. The number of fused-ring (bicyclic) bond motifs is 2. The normalized spacial score (nSPS) is 16.4. The van der Waals surface area contributed by atoms with Gasteiger partial charge >= 0.3 is 0 Å². The third-order valence-electron chi connectivity index (χ3n) is 5.37. The van der Waals surface area contributed by atoms with Gasteiger partial charge in [-0.05, 0) is 68.7 Å². The smallest absolute Gasteiger partial charge is 0.271 e. The maximum atomic E-state index is 13.6. The van der Waals surface area contributed by atoms with Gasteiger partial charge in [0.05, 0.1) is 12.8 Å². The van der Waals surface area contributed by atoms with Crippen LogP contribution in [0, 0.1) is 12.7 Å². The SMILES string of the molecule is COc1ccc(NS(=O)(=O)c2sc3ccc(F)cc3c2C)c2c1C[C@@H](N(C)C)CO2. The van der Waals surface area contributed by atoms with E-state index in [0.717, 1.165) is 21.6 Å². The van der Waals surface area contributed by atoms with Crippen molar-refractivity contribution < 1.29 is 22.3 Å². The molecule has 0 saturated heterocycles. The maximum absolute atomic E-state index is 13.6. The Labute approximate surface area is 179 Å². The molecule has 0 unspecified atom stereocenters. The van der Waals surface area contributed by atoms with E-state index >= 15 is 0 Å². The first kappa shape index (κ1) is 20.9. The first-order valence-corrected chi connectivity index (χ1v) is 11.7. The van der Waals surface area contributed by atoms with Crippen molar-refractivity contribution >= 4 is 37.1 Å². The number of nitrogens with one attached hydrogen (secondary N) is 1. The van der Waals surface area contributed by atoms with Crippen LogP contribution in [0.15, 0.2) is 34.5 Å². The molecule has 160 valence electrons. The largest absolute Gasteiger partial charge is 0.496 e. The summed E-state index contributed by atoms with van der Waals surface area (Å²) in [5.74, 6) is 0.752. The number of hydrogen-bond acceptors (Lipinski definition) is 6. The van der Waals surface area contributed by atoms with Crippen molar-refractivity contribution in [3.8, 4) is 11.5 Å². The zero-order chi connectivity index (χ0) is 21.6. The summed E-state index contributed by atoms with van der Waals surface area (Å²) in [6, 6.07) is 7.84. The van der Waals surface area contributed by atoms with Gasteiger partial charge in [0.25, 0.3) is 10.0 Å². The number of methoxy groups -OCH3 is 1. The summed E-state index contributed by atoms with van der Waals surface area (Å²) in [7, 11) is 1.65. The first-order valence-electron chi connectivity index (χ1n) is 9.42. The fourth-order valence-corrected chi connectivity index (χ4v) is 6.47. The van der Waals surface area contributed by atoms with Crippen LogP contribution in [0.2, 0.25) is 0 Å². The lowest BCUT2D eigenvalue weighted by atomic mass is 10.00. The van der Waals surface area contributed by atoms with E-state index in [1.165, 1.54) is 12.1 Å². The van der Waals surface area contributed by atoms with E-state index in [2.05, 4.69) is 9.62 Å². The molecule has 1 N–H and O–H groups in total. The lowest BCUT2D eigenvalue weighted by Gasteiger charge is -2.32. The van der Waals surface area contributed by atoms with E-state index in [1.807, 2.05) is 14.1 Å². The maximum Gasteiger partial charge on any atom is 0.271 e. The van der Waals surface area contributed by atoms with Crippen LogP contribution in [-0.4, -0.2) is 47.2 Å². The van der Waals surface area contributed by atoms with Gasteiger partial charge in [0, 0.05) is 16.3 Å². The van der Waals surface area contributed by atoms with Crippen LogP contribution in [0.5, 0.6) is 11.5 Å². The van der Waals surface area contributed by atoms with Gasteiger partial charge in [0.15, 0.2) is 0 Å². The number of ether oxygens (including phenoxy) is 2. The second kappa shape index (κ2) is 7.72. The third-order valence-corrected chi connectivity index (χ3v) is 8.63. The van der Waals surface area contributed by atoms with Gasteiger partial charge in [-0.25, -0.2) is 12.8 Å². The molecule has 30 heavy (non-hydrogen) atoms. The zero-order valence-corrected chi connectivity index (χ0v) is 18.8. The summed E-state index contributed by atoms with van der Waals surface area (Å²) in [5.41, 5.74) is 1.72. The van der Waals surface area contributed by atoms with Gasteiger partial charge in [0.1, 0.15) is 28.1 Å². The van der Waals surface area contributed by atoms with Crippen molar-refractivity contribution in [3.05, 3.63) is 47.3 Å². The lowest BCUT2D eigenvalue weighted by Crippen LogP contribution is -2.38. The second-order valence-corrected chi connectivity index (χ2v) is 10.4. The first-order chi connectivity index (χ1) is 14.2. The van der Waals surface area contributed by atoms with Crippen molar-refractivity contribution in [2.75, 3.05) is 32.5 Å². The van der Waals surface area contributed by atoms with Gasteiger partial charge in [-0.15, -0.1) is 11.3 Å². The minimum Gasteiger partial charge on any atom is -0.496 e. The molecule has 4 rings (SSSR count). The molecule has 2 aromatic carbocycles. The summed E-state index contributed by atoms with van der Waals surface area (Å²) < 4.78 is 55.0. The molecule has 1 aromatic heterocycles. The topological polar surface area (TPSA) is 67.9 Å². The highest BCUT2D eigenvalue weighted by molar-refractivity contribution is 7.95. The number of thiophene rings is 1. The molecule has 1 atom stereocenters. The van der Waals surface area contributed by atoms with Crippen LogP contribution >= 0.6 is 11.3 Å². The molecule has 0 saturated carbocycles. The number of nitrogens with zero attached hydrogens (tertiary/aromatic N) is 1. The standard InChI is InChI=1S/C21H23FN2O4S2/c1-12-15-9-13(22)5-8-19(15)29-21(12)30(25,26)23-17-6-7-18(27-4)16-10-14(24(2)3)11-28-20(16)17/h5-9,14,23H,10-11H2,1-4H3/t14-/m1/s1. The average molecular weight is 451 g/mol. The number of benzene rings is 2. The fourth-order valence-electron chi connectivity index (χ4n) is 3.66. The van der Waals surface area contributed by atoms with Crippen molar-refractivity contribution in [3.63, 3.8) is 0 Å². The number of halogens is 1. The van der Waals surface area contributed by atoms with E-state index in [0.29, 0.717) is 41.2 Å². The van der Waals surface area contributed by atoms with E-state index in [-0.39, 0.29) is 10.3 Å². The summed E-state index contributed by atoms with van der Waals surface area (Å²) in [5, 5.41) is 0.599. The Morgan fingerprint density at radius 1 is 1.27 bits per heavy atom. The Morgan fingerprint density at radius 2 is 2.03 bits per heavy atom. The second-order valence-electron chi connectivity index (χ2n) is 7.52. The van der Waals surface area contributed by atoms with E-state index in [4.69, 9.17) is 9.47 Å². The number of sulfonamides is 1. The van der Waals surface area contributed by atoms with E-state index < -0.39 is 15.8 Å². The molecule has 0 bridgehead atoms.